The summed E-state index contributed by atoms with van der Waals surface area (Å²) in [5.74, 6) is -1.49. The molecule has 3 aromatic carbocycles. The van der Waals surface area contributed by atoms with Crippen LogP contribution < -0.4 is 10.2 Å². The van der Waals surface area contributed by atoms with E-state index in [1.165, 1.54) is 36.4 Å². The van der Waals surface area contributed by atoms with Crippen LogP contribution >= 0.6 is 0 Å². The predicted molar refractivity (Wildman–Crippen MR) is 95.6 cm³/mol. The van der Waals surface area contributed by atoms with Gasteiger partial charge in [-0.15, -0.1) is 0 Å². The van der Waals surface area contributed by atoms with Crippen molar-refractivity contribution in [1.29, 1.82) is 0 Å². The number of aliphatic hydroxyl groups is 1. The molecule has 3 aromatic rings. The van der Waals surface area contributed by atoms with Crippen molar-refractivity contribution in [3.63, 3.8) is 0 Å². The molecule has 0 spiro atoms. The first-order chi connectivity index (χ1) is 13.0. The number of phenolic OH excluding ortho intramolecular Hbond substituents is 1. The summed E-state index contributed by atoms with van der Waals surface area (Å²) < 4.78 is 0. The smallest absolute Gasteiger partial charge is 0.265 e. The number of phenols is 1. The first-order valence-electron chi connectivity index (χ1n) is 8.24. The normalized spacial score (nSPS) is 18.0. The molecule has 7 nitrogen and oxygen atoms in total. The lowest BCUT2D eigenvalue weighted by atomic mass is 9.86. The van der Waals surface area contributed by atoms with Crippen molar-refractivity contribution in [2.24, 2.45) is 0 Å². The molecule has 0 saturated carbocycles. The van der Waals surface area contributed by atoms with E-state index >= 15 is 0 Å². The van der Waals surface area contributed by atoms with Crippen molar-refractivity contribution in [3.05, 3.63) is 70.8 Å². The number of carbonyl (C=O) groups is 3. The van der Waals surface area contributed by atoms with Crippen LogP contribution in [0, 0.1) is 0 Å². The molecule has 0 aromatic heterocycles. The zero-order valence-corrected chi connectivity index (χ0v) is 13.8. The lowest BCUT2D eigenvalue weighted by Crippen LogP contribution is -2.41. The number of hydrogen-bond donors (Lipinski definition) is 3. The van der Waals surface area contributed by atoms with Crippen LogP contribution in [0.25, 0.3) is 10.8 Å². The molecule has 132 valence electrons. The van der Waals surface area contributed by atoms with Gasteiger partial charge in [0.25, 0.3) is 17.7 Å². The lowest BCUT2D eigenvalue weighted by Gasteiger charge is -2.30. The summed E-state index contributed by atoms with van der Waals surface area (Å²) in [4.78, 5) is 39.4. The number of amides is 3. The van der Waals surface area contributed by atoms with Crippen LogP contribution in [0.5, 0.6) is 5.75 Å². The highest BCUT2D eigenvalue weighted by Gasteiger charge is 2.37. The highest BCUT2D eigenvalue weighted by atomic mass is 16.3. The SMILES string of the molecule is O=C1NC(O)c2ccc3c4c(ccc1c24)C(=O)N(c1ccc(O)cc1)C3=O. The standard InChI is InChI=1S/C20H12N2O5/c23-10-3-1-9(2-4-10)22-19(26)13-7-5-11-15-12(18(25)21-17(11)24)6-8-14(16(13)15)20(22)27/h1-8,17,23-24H,(H,21,25). The molecule has 0 radical (unpaired) electrons. The number of hydrogen-bond acceptors (Lipinski definition) is 5. The van der Waals surface area contributed by atoms with Crippen LogP contribution in [0.1, 0.15) is 42.9 Å². The van der Waals surface area contributed by atoms with Crippen LogP contribution in [0.4, 0.5) is 5.69 Å². The highest BCUT2D eigenvalue weighted by Crippen LogP contribution is 2.39. The Labute approximate surface area is 152 Å². The van der Waals surface area contributed by atoms with E-state index in [1.54, 1.807) is 12.1 Å². The third-order valence-electron chi connectivity index (χ3n) is 4.97. The van der Waals surface area contributed by atoms with Crippen molar-refractivity contribution in [2.75, 3.05) is 4.90 Å². The van der Waals surface area contributed by atoms with Crippen molar-refractivity contribution >= 4 is 34.2 Å². The van der Waals surface area contributed by atoms with Crippen molar-refractivity contribution in [1.82, 2.24) is 5.32 Å². The van der Waals surface area contributed by atoms with E-state index < -0.39 is 23.9 Å². The highest BCUT2D eigenvalue weighted by molar-refractivity contribution is 6.37. The molecule has 3 N–H and O–H groups in total. The first-order valence-corrected chi connectivity index (χ1v) is 8.24. The first kappa shape index (κ1) is 15.5. The Morgan fingerprint density at radius 2 is 1.37 bits per heavy atom. The Morgan fingerprint density at radius 1 is 0.778 bits per heavy atom. The second-order valence-electron chi connectivity index (χ2n) is 6.45. The maximum atomic E-state index is 13.1. The fraction of sp³-hybridized carbons (Fsp3) is 0.0500. The van der Waals surface area contributed by atoms with Gasteiger partial charge in [0.05, 0.1) is 5.69 Å². The number of nitrogens with zero attached hydrogens (tertiary/aromatic N) is 1. The van der Waals surface area contributed by atoms with E-state index in [4.69, 9.17) is 0 Å². The molecule has 3 amide bonds. The monoisotopic (exact) mass is 360 g/mol. The van der Waals surface area contributed by atoms with Gasteiger partial charge in [-0.3, -0.25) is 14.4 Å². The fourth-order valence-electron chi connectivity index (χ4n) is 3.74. The fourth-order valence-corrected chi connectivity index (χ4v) is 3.74. The number of rotatable bonds is 1. The molecule has 2 aliphatic rings. The predicted octanol–water partition coefficient (Wildman–Crippen LogP) is 2.08. The number of aliphatic hydroxyl groups excluding tert-OH is 1. The van der Waals surface area contributed by atoms with Gasteiger partial charge in [0.15, 0.2) is 6.23 Å². The van der Waals surface area contributed by atoms with Crippen molar-refractivity contribution in [2.45, 2.75) is 6.23 Å². The van der Waals surface area contributed by atoms with Crippen LogP contribution in [-0.4, -0.2) is 27.9 Å². The van der Waals surface area contributed by atoms with E-state index in [9.17, 15) is 24.6 Å². The summed E-state index contributed by atoms with van der Waals surface area (Å²) >= 11 is 0. The largest absolute Gasteiger partial charge is 0.508 e. The van der Waals surface area contributed by atoms with Gasteiger partial charge < -0.3 is 15.5 Å². The van der Waals surface area contributed by atoms with Gasteiger partial charge in [0, 0.05) is 33.0 Å². The average molecular weight is 360 g/mol. The Morgan fingerprint density at radius 3 is 2.04 bits per heavy atom. The van der Waals surface area contributed by atoms with Gasteiger partial charge in [0.2, 0.25) is 0 Å². The Balaban J connectivity index is 1.80. The van der Waals surface area contributed by atoms with E-state index in [1.807, 2.05) is 0 Å². The molecule has 0 saturated heterocycles. The van der Waals surface area contributed by atoms with Crippen LogP contribution in [0.2, 0.25) is 0 Å². The quantitative estimate of drug-likeness (QED) is 0.576. The summed E-state index contributed by atoms with van der Waals surface area (Å²) in [5, 5.41) is 22.9. The number of carbonyl (C=O) groups excluding carboxylic acids is 3. The summed E-state index contributed by atoms with van der Waals surface area (Å²) in [7, 11) is 0. The summed E-state index contributed by atoms with van der Waals surface area (Å²) in [5.41, 5.74) is 1.65. The third-order valence-corrected chi connectivity index (χ3v) is 4.97. The summed E-state index contributed by atoms with van der Waals surface area (Å²) in [6, 6.07) is 11.9. The average Bonchev–Trinajstić information content (AvgIpc) is 2.66. The second-order valence-corrected chi connectivity index (χ2v) is 6.45. The number of aromatic hydroxyl groups is 1. The third kappa shape index (κ3) is 1.97. The number of benzene rings is 3. The molecule has 0 aliphatic carbocycles. The van der Waals surface area contributed by atoms with Crippen LogP contribution in [0.15, 0.2) is 48.5 Å². The zero-order chi connectivity index (χ0) is 18.9. The lowest BCUT2D eigenvalue weighted by molar-refractivity contribution is 0.0770. The number of nitrogens with one attached hydrogen (secondary N) is 1. The summed E-state index contributed by atoms with van der Waals surface area (Å²) in [6.07, 6.45) is -1.20. The minimum absolute atomic E-state index is 0.0228. The van der Waals surface area contributed by atoms with Gasteiger partial charge in [-0.25, -0.2) is 4.90 Å². The molecule has 0 fully saturated rings. The Kier molecular flexibility index (Phi) is 2.96. The number of anilines is 1. The van der Waals surface area contributed by atoms with Gasteiger partial charge in [-0.1, -0.05) is 6.07 Å². The molecule has 1 atom stereocenters. The Hall–Kier alpha value is -3.71. The van der Waals surface area contributed by atoms with Gasteiger partial charge in [-0.2, -0.15) is 0 Å². The molecule has 2 heterocycles. The molecule has 2 aliphatic heterocycles. The minimum atomic E-state index is -1.20. The van der Waals surface area contributed by atoms with E-state index in [2.05, 4.69) is 5.32 Å². The molecule has 7 heteroatoms. The molecular formula is C20H12N2O5. The topological polar surface area (TPSA) is 107 Å². The second kappa shape index (κ2) is 5.15. The van der Waals surface area contributed by atoms with Crippen molar-refractivity contribution < 1.29 is 24.6 Å². The maximum absolute atomic E-state index is 13.1. The molecular weight excluding hydrogens is 348 g/mol. The molecule has 1 unspecified atom stereocenters. The Bertz CT molecular complexity index is 1160. The van der Waals surface area contributed by atoms with Gasteiger partial charge in [0.1, 0.15) is 5.75 Å². The van der Waals surface area contributed by atoms with E-state index in [0.29, 0.717) is 27.6 Å². The van der Waals surface area contributed by atoms with Crippen molar-refractivity contribution in [3.8, 4) is 5.75 Å². The maximum Gasteiger partial charge on any atom is 0.265 e. The minimum Gasteiger partial charge on any atom is -0.508 e. The molecule has 27 heavy (non-hydrogen) atoms. The zero-order valence-electron chi connectivity index (χ0n) is 13.8. The molecule has 0 bridgehead atoms. The van der Waals surface area contributed by atoms with Gasteiger partial charge in [-0.05, 0) is 42.5 Å². The van der Waals surface area contributed by atoms with E-state index in [0.717, 1.165) is 4.90 Å². The summed E-state index contributed by atoms with van der Waals surface area (Å²) in [6.45, 7) is 0. The van der Waals surface area contributed by atoms with Crippen LogP contribution in [-0.2, 0) is 0 Å². The van der Waals surface area contributed by atoms with Gasteiger partial charge >= 0.3 is 0 Å². The number of imide groups is 1. The van der Waals surface area contributed by atoms with E-state index in [-0.39, 0.29) is 16.9 Å². The van der Waals surface area contributed by atoms with Crippen LogP contribution in [0.3, 0.4) is 0 Å². The molecule has 5 rings (SSSR count).